The first-order valence-electron chi connectivity index (χ1n) is 11.3. The SMILES string of the molecule is COc1ccc2ncc(Cl)c([C@@H](O)CC[C@H]3CCN(CC(S)c4cccs4)C[C@H]3C(=O)O)c2c1. The van der Waals surface area contributed by atoms with Crippen LogP contribution in [0, 0.1) is 11.8 Å². The molecule has 2 N–H and O–H groups in total. The van der Waals surface area contributed by atoms with Crippen molar-refractivity contribution in [1.82, 2.24) is 9.88 Å². The van der Waals surface area contributed by atoms with Gasteiger partial charge < -0.3 is 19.8 Å². The first kappa shape index (κ1) is 25.3. The lowest BCUT2D eigenvalue weighted by Gasteiger charge is -2.37. The Labute approximate surface area is 213 Å². The third-order valence-electron chi connectivity index (χ3n) is 6.67. The number of thiophene rings is 1. The van der Waals surface area contributed by atoms with Gasteiger partial charge in [0.05, 0.1) is 29.7 Å². The van der Waals surface area contributed by atoms with Crippen molar-refractivity contribution in [3.05, 3.63) is 57.4 Å². The highest BCUT2D eigenvalue weighted by Crippen LogP contribution is 2.37. The van der Waals surface area contributed by atoms with Crippen LogP contribution in [0.1, 0.15) is 41.1 Å². The molecule has 2 aromatic heterocycles. The summed E-state index contributed by atoms with van der Waals surface area (Å²) in [6.45, 7) is 2.04. The fraction of sp³-hybridized carbons (Fsp3) is 0.440. The number of hydrogen-bond acceptors (Lipinski definition) is 7. The van der Waals surface area contributed by atoms with Gasteiger partial charge in [-0.05, 0) is 61.4 Å². The smallest absolute Gasteiger partial charge is 0.308 e. The predicted octanol–water partition coefficient (Wildman–Crippen LogP) is 5.47. The number of hydrogen-bond donors (Lipinski definition) is 3. The van der Waals surface area contributed by atoms with Crippen LogP contribution in [0.3, 0.4) is 0 Å². The number of aliphatic hydroxyl groups is 1. The van der Waals surface area contributed by atoms with Crippen molar-refractivity contribution in [3.8, 4) is 5.75 Å². The summed E-state index contributed by atoms with van der Waals surface area (Å²) in [4.78, 5) is 19.8. The van der Waals surface area contributed by atoms with Gasteiger partial charge in [-0.3, -0.25) is 9.78 Å². The van der Waals surface area contributed by atoms with E-state index in [0.29, 0.717) is 35.7 Å². The number of carboxylic acids is 1. The number of nitrogens with zero attached hydrogens (tertiary/aromatic N) is 2. The fourth-order valence-electron chi connectivity index (χ4n) is 4.82. The quantitative estimate of drug-likeness (QED) is 0.325. The monoisotopic (exact) mass is 520 g/mol. The van der Waals surface area contributed by atoms with Crippen LogP contribution in [0.2, 0.25) is 5.02 Å². The van der Waals surface area contributed by atoms with Gasteiger partial charge >= 0.3 is 5.97 Å². The van der Waals surface area contributed by atoms with Crippen molar-refractivity contribution in [1.29, 1.82) is 0 Å². The second-order valence-electron chi connectivity index (χ2n) is 8.78. The van der Waals surface area contributed by atoms with E-state index in [1.54, 1.807) is 24.6 Å². The molecule has 4 rings (SSSR count). The van der Waals surface area contributed by atoms with Crippen LogP contribution >= 0.6 is 35.6 Å². The number of fused-ring (bicyclic) bond motifs is 1. The number of rotatable bonds is 9. The van der Waals surface area contributed by atoms with E-state index in [1.165, 1.54) is 4.88 Å². The van der Waals surface area contributed by atoms with E-state index in [1.807, 2.05) is 29.6 Å². The second kappa shape index (κ2) is 11.3. The predicted molar refractivity (Wildman–Crippen MR) is 139 cm³/mol. The minimum Gasteiger partial charge on any atom is -0.497 e. The number of thiol groups is 1. The fourth-order valence-corrected chi connectivity index (χ4v) is 6.30. The molecular formula is C25H29ClN2O4S2. The largest absolute Gasteiger partial charge is 0.497 e. The molecule has 0 amide bonds. The van der Waals surface area contributed by atoms with E-state index >= 15 is 0 Å². The van der Waals surface area contributed by atoms with Crippen LogP contribution in [0.15, 0.2) is 41.9 Å². The molecule has 1 saturated heterocycles. The maximum atomic E-state index is 12.1. The zero-order valence-electron chi connectivity index (χ0n) is 18.9. The lowest BCUT2D eigenvalue weighted by molar-refractivity contribution is -0.146. The van der Waals surface area contributed by atoms with Crippen LogP contribution in [-0.2, 0) is 4.79 Å². The molecule has 6 nitrogen and oxygen atoms in total. The van der Waals surface area contributed by atoms with Gasteiger partial charge in [0.2, 0.25) is 0 Å². The van der Waals surface area contributed by atoms with Gasteiger partial charge in [-0.1, -0.05) is 17.7 Å². The second-order valence-corrected chi connectivity index (χ2v) is 10.8. The van der Waals surface area contributed by atoms with Crippen molar-refractivity contribution in [2.24, 2.45) is 11.8 Å². The van der Waals surface area contributed by atoms with Gasteiger partial charge in [-0.15, -0.1) is 11.3 Å². The van der Waals surface area contributed by atoms with Crippen molar-refractivity contribution in [3.63, 3.8) is 0 Å². The summed E-state index contributed by atoms with van der Waals surface area (Å²) >= 11 is 12.8. The van der Waals surface area contributed by atoms with Crippen LogP contribution in [0.5, 0.6) is 5.75 Å². The van der Waals surface area contributed by atoms with E-state index < -0.39 is 18.0 Å². The number of halogens is 1. The third-order valence-corrected chi connectivity index (χ3v) is 8.58. The lowest BCUT2D eigenvalue weighted by atomic mass is 9.81. The average Bonchev–Trinajstić information content (AvgIpc) is 3.37. The van der Waals surface area contributed by atoms with Crippen molar-refractivity contribution >= 4 is 52.4 Å². The molecular weight excluding hydrogens is 492 g/mol. The first-order chi connectivity index (χ1) is 16.4. The highest BCUT2D eigenvalue weighted by Gasteiger charge is 2.35. The number of benzene rings is 1. The Kier molecular flexibility index (Phi) is 8.37. The van der Waals surface area contributed by atoms with E-state index in [2.05, 4.69) is 16.0 Å². The molecule has 0 spiro atoms. The first-order valence-corrected chi connectivity index (χ1v) is 13.1. The normalized spacial score (nSPS) is 20.8. The molecule has 182 valence electrons. The summed E-state index contributed by atoms with van der Waals surface area (Å²) < 4.78 is 5.33. The maximum absolute atomic E-state index is 12.1. The molecule has 9 heteroatoms. The van der Waals surface area contributed by atoms with E-state index in [-0.39, 0.29) is 11.2 Å². The number of ether oxygens (including phenoxy) is 1. The van der Waals surface area contributed by atoms with Crippen LogP contribution in [0.4, 0.5) is 0 Å². The number of likely N-dealkylation sites (tertiary alicyclic amines) is 1. The summed E-state index contributed by atoms with van der Waals surface area (Å²) in [5, 5.41) is 24.2. The molecule has 3 heterocycles. The molecule has 0 aliphatic carbocycles. The number of pyridine rings is 1. The molecule has 4 atom stereocenters. The number of carbonyl (C=O) groups is 1. The minimum atomic E-state index is -0.821. The van der Waals surface area contributed by atoms with E-state index in [4.69, 9.17) is 29.0 Å². The summed E-state index contributed by atoms with van der Waals surface area (Å²) in [5.74, 6) is -0.610. The number of aliphatic hydroxyl groups excluding tert-OH is 1. The Morgan fingerprint density at radius 3 is 2.94 bits per heavy atom. The molecule has 34 heavy (non-hydrogen) atoms. The number of aromatic nitrogens is 1. The van der Waals surface area contributed by atoms with Crippen molar-refractivity contribution in [2.45, 2.75) is 30.6 Å². The molecule has 1 unspecified atom stereocenters. The summed E-state index contributed by atoms with van der Waals surface area (Å²) in [7, 11) is 1.59. The van der Waals surface area contributed by atoms with Crippen LogP contribution in [0.25, 0.3) is 10.9 Å². The Bertz CT molecular complexity index is 1130. The van der Waals surface area contributed by atoms with E-state index in [9.17, 15) is 15.0 Å². The molecule has 1 aliphatic heterocycles. The maximum Gasteiger partial charge on any atom is 0.308 e. The molecule has 1 fully saturated rings. The zero-order valence-corrected chi connectivity index (χ0v) is 21.4. The number of piperidine rings is 1. The Morgan fingerprint density at radius 2 is 2.24 bits per heavy atom. The van der Waals surface area contributed by atoms with Gasteiger partial charge in [0, 0.05) is 40.4 Å². The lowest BCUT2D eigenvalue weighted by Crippen LogP contribution is -2.44. The highest BCUT2D eigenvalue weighted by molar-refractivity contribution is 7.80. The van der Waals surface area contributed by atoms with Crippen LogP contribution < -0.4 is 4.74 Å². The van der Waals surface area contributed by atoms with Gasteiger partial charge in [-0.2, -0.15) is 12.6 Å². The summed E-state index contributed by atoms with van der Waals surface area (Å²) in [5.41, 5.74) is 1.34. The minimum absolute atomic E-state index is 0.00934. The molecule has 3 aromatic rings. The van der Waals surface area contributed by atoms with Crippen molar-refractivity contribution < 1.29 is 19.7 Å². The standard InChI is InChI=1S/C25H29ClN2O4S2/c1-32-16-5-6-20-17(11-16)24(19(26)12-27-20)21(29)7-4-15-8-9-28(13-18(15)25(30)31)14-22(33)23-3-2-10-34-23/h2-3,5-6,10-12,15,18,21-22,29,33H,4,7-9,13-14H2,1H3,(H,30,31)/t15-,18+,21-,22?/m0/s1. The Balaban J connectivity index is 1.43. The summed E-state index contributed by atoms with van der Waals surface area (Å²) in [6.07, 6.45) is 2.53. The molecule has 0 radical (unpaired) electrons. The molecule has 1 aliphatic rings. The molecule has 0 bridgehead atoms. The van der Waals surface area contributed by atoms with E-state index in [0.717, 1.165) is 30.4 Å². The Morgan fingerprint density at radius 1 is 1.41 bits per heavy atom. The van der Waals surface area contributed by atoms with Crippen LogP contribution in [-0.4, -0.2) is 52.8 Å². The third kappa shape index (κ3) is 5.69. The highest BCUT2D eigenvalue weighted by atomic mass is 35.5. The molecule has 0 saturated carbocycles. The van der Waals surface area contributed by atoms with Gasteiger partial charge in [0.1, 0.15) is 5.75 Å². The van der Waals surface area contributed by atoms with Gasteiger partial charge in [-0.25, -0.2) is 0 Å². The zero-order chi connectivity index (χ0) is 24.2. The molecule has 1 aromatic carbocycles. The Hall–Kier alpha value is -1.84. The summed E-state index contributed by atoms with van der Waals surface area (Å²) in [6, 6.07) is 9.55. The average molecular weight is 521 g/mol. The van der Waals surface area contributed by atoms with Gasteiger partial charge in [0.25, 0.3) is 0 Å². The number of methoxy groups -OCH3 is 1. The van der Waals surface area contributed by atoms with Gasteiger partial charge in [0.15, 0.2) is 0 Å². The number of aliphatic carboxylic acids is 1. The van der Waals surface area contributed by atoms with Crippen molar-refractivity contribution in [2.75, 3.05) is 26.7 Å². The number of carboxylic acid groups (broad SMARTS) is 1. The topological polar surface area (TPSA) is 82.9 Å².